The van der Waals surface area contributed by atoms with E-state index < -0.39 is 9.84 Å². The van der Waals surface area contributed by atoms with Crippen molar-refractivity contribution < 1.29 is 18.0 Å². The van der Waals surface area contributed by atoms with Crippen LogP contribution in [0.2, 0.25) is 5.02 Å². The van der Waals surface area contributed by atoms with Gasteiger partial charge in [0, 0.05) is 19.0 Å². The molecule has 0 aliphatic rings. The highest BCUT2D eigenvalue weighted by Gasteiger charge is 2.15. The number of nitrogens with zero attached hydrogens (tertiary/aromatic N) is 1. The van der Waals surface area contributed by atoms with Crippen molar-refractivity contribution in [2.24, 2.45) is 0 Å². The summed E-state index contributed by atoms with van der Waals surface area (Å²) in [4.78, 5) is 25.9. The van der Waals surface area contributed by atoms with Gasteiger partial charge in [0.15, 0.2) is 9.84 Å². The zero-order valence-electron chi connectivity index (χ0n) is 15.8. The van der Waals surface area contributed by atoms with E-state index in [0.717, 1.165) is 11.8 Å². The lowest BCUT2D eigenvalue weighted by Gasteiger charge is -2.18. The standard InChI is InChI=1S/C19H22ClN3O4S/c1-13-8-9-14(28(3,26)27)10-17(13)21-11-19(25)23(2)12-18(24)22-16-7-5-4-6-15(16)20/h4-10,21H,11-12H2,1-3H3,(H,22,24). The summed E-state index contributed by atoms with van der Waals surface area (Å²) in [5.41, 5.74) is 1.82. The van der Waals surface area contributed by atoms with E-state index >= 15 is 0 Å². The van der Waals surface area contributed by atoms with Gasteiger partial charge in [0.25, 0.3) is 0 Å². The molecule has 0 fully saturated rings. The topological polar surface area (TPSA) is 95.6 Å². The molecule has 2 rings (SSSR count). The Morgan fingerprint density at radius 3 is 2.43 bits per heavy atom. The van der Waals surface area contributed by atoms with E-state index in [1.807, 2.05) is 0 Å². The number of benzene rings is 2. The van der Waals surface area contributed by atoms with Gasteiger partial charge in [0.05, 0.1) is 28.7 Å². The van der Waals surface area contributed by atoms with Crippen LogP contribution in [0.4, 0.5) is 11.4 Å². The molecule has 2 N–H and O–H groups in total. The lowest BCUT2D eigenvalue weighted by molar-refractivity contribution is -0.131. The van der Waals surface area contributed by atoms with Crippen LogP contribution in [0.3, 0.4) is 0 Å². The van der Waals surface area contributed by atoms with Gasteiger partial charge >= 0.3 is 0 Å². The van der Waals surface area contributed by atoms with Gasteiger partial charge in [-0.1, -0.05) is 29.8 Å². The molecule has 0 saturated carbocycles. The van der Waals surface area contributed by atoms with Gasteiger partial charge in [-0.15, -0.1) is 0 Å². The molecular weight excluding hydrogens is 402 g/mol. The van der Waals surface area contributed by atoms with Gasteiger partial charge in [-0.2, -0.15) is 0 Å². The van der Waals surface area contributed by atoms with Crippen LogP contribution in [0.15, 0.2) is 47.4 Å². The summed E-state index contributed by atoms with van der Waals surface area (Å²) in [6.45, 7) is 1.58. The molecule has 0 radical (unpaired) electrons. The third-order valence-corrected chi connectivity index (χ3v) is 5.46. The fraction of sp³-hybridized carbons (Fsp3) is 0.263. The number of para-hydroxylation sites is 1. The lowest BCUT2D eigenvalue weighted by atomic mass is 10.2. The van der Waals surface area contributed by atoms with Gasteiger partial charge in [-0.05, 0) is 36.8 Å². The fourth-order valence-corrected chi connectivity index (χ4v) is 3.21. The second-order valence-corrected chi connectivity index (χ2v) is 8.80. The number of sulfone groups is 1. The molecule has 0 spiro atoms. The predicted octanol–water partition coefficient (Wildman–Crippen LogP) is 2.56. The SMILES string of the molecule is Cc1ccc(S(C)(=O)=O)cc1NCC(=O)N(C)CC(=O)Nc1ccccc1Cl. The molecule has 0 saturated heterocycles. The number of hydrogen-bond acceptors (Lipinski definition) is 5. The minimum Gasteiger partial charge on any atom is -0.376 e. The summed E-state index contributed by atoms with van der Waals surface area (Å²) in [6.07, 6.45) is 1.12. The molecule has 0 aromatic heterocycles. The van der Waals surface area contributed by atoms with Gasteiger partial charge in [-0.3, -0.25) is 9.59 Å². The highest BCUT2D eigenvalue weighted by atomic mass is 35.5. The first-order valence-corrected chi connectivity index (χ1v) is 10.7. The summed E-state index contributed by atoms with van der Waals surface area (Å²) < 4.78 is 23.4. The average molecular weight is 424 g/mol. The van der Waals surface area contributed by atoms with Crippen molar-refractivity contribution in [3.63, 3.8) is 0 Å². The van der Waals surface area contributed by atoms with E-state index in [2.05, 4.69) is 10.6 Å². The summed E-state index contributed by atoms with van der Waals surface area (Å²) in [5.74, 6) is -0.697. The number of amides is 2. The van der Waals surface area contributed by atoms with Crippen molar-refractivity contribution >= 4 is 44.6 Å². The molecule has 2 aromatic rings. The van der Waals surface area contributed by atoms with Crippen molar-refractivity contribution in [3.05, 3.63) is 53.1 Å². The normalized spacial score (nSPS) is 11.0. The van der Waals surface area contributed by atoms with E-state index in [4.69, 9.17) is 11.6 Å². The van der Waals surface area contributed by atoms with Crippen molar-refractivity contribution in [1.82, 2.24) is 4.90 Å². The number of carbonyl (C=O) groups is 2. The van der Waals surface area contributed by atoms with E-state index in [-0.39, 0.29) is 29.8 Å². The van der Waals surface area contributed by atoms with Crippen molar-refractivity contribution in [2.45, 2.75) is 11.8 Å². The van der Waals surface area contributed by atoms with E-state index in [1.54, 1.807) is 37.3 Å². The molecule has 0 heterocycles. The summed E-state index contributed by atoms with van der Waals surface area (Å²) >= 11 is 6.00. The molecule has 28 heavy (non-hydrogen) atoms. The molecule has 9 heteroatoms. The maximum absolute atomic E-state index is 12.3. The zero-order chi connectivity index (χ0) is 20.9. The first kappa shape index (κ1) is 21.7. The smallest absolute Gasteiger partial charge is 0.244 e. The number of likely N-dealkylation sites (N-methyl/N-ethyl adjacent to an activating group) is 1. The molecule has 0 aliphatic heterocycles. The van der Waals surface area contributed by atoms with Crippen LogP contribution in [-0.4, -0.2) is 51.5 Å². The van der Waals surface area contributed by atoms with Crippen molar-refractivity contribution in [3.8, 4) is 0 Å². The van der Waals surface area contributed by atoms with Crippen molar-refractivity contribution in [1.29, 1.82) is 0 Å². The number of halogens is 1. The number of hydrogen-bond donors (Lipinski definition) is 2. The van der Waals surface area contributed by atoms with Gasteiger partial charge in [0.2, 0.25) is 11.8 Å². The summed E-state index contributed by atoms with van der Waals surface area (Å²) in [6, 6.07) is 11.5. The number of aryl methyl sites for hydroxylation is 1. The van der Waals surface area contributed by atoms with Crippen LogP contribution >= 0.6 is 11.6 Å². The number of rotatable bonds is 7. The Kier molecular flexibility index (Phi) is 7.04. The maximum Gasteiger partial charge on any atom is 0.244 e. The second kappa shape index (κ2) is 9.07. The van der Waals surface area contributed by atoms with E-state index in [9.17, 15) is 18.0 Å². The summed E-state index contributed by atoms with van der Waals surface area (Å²) in [5, 5.41) is 5.99. The molecular formula is C19H22ClN3O4S. The Morgan fingerprint density at radius 2 is 1.79 bits per heavy atom. The molecule has 2 aromatic carbocycles. The second-order valence-electron chi connectivity index (χ2n) is 6.38. The summed E-state index contributed by atoms with van der Waals surface area (Å²) in [7, 11) is -1.84. The molecule has 0 unspecified atom stereocenters. The number of anilines is 2. The Bertz CT molecular complexity index is 992. The van der Waals surface area contributed by atoms with Crippen LogP contribution in [0.5, 0.6) is 0 Å². The number of nitrogens with one attached hydrogen (secondary N) is 2. The van der Waals surface area contributed by atoms with E-state index in [0.29, 0.717) is 16.4 Å². The monoisotopic (exact) mass is 423 g/mol. The van der Waals surface area contributed by atoms with Crippen LogP contribution < -0.4 is 10.6 Å². The minimum absolute atomic E-state index is 0.0794. The Morgan fingerprint density at radius 1 is 1.11 bits per heavy atom. The zero-order valence-corrected chi connectivity index (χ0v) is 17.4. The number of carbonyl (C=O) groups excluding carboxylic acids is 2. The highest BCUT2D eigenvalue weighted by molar-refractivity contribution is 7.90. The maximum atomic E-state index is 12.3. The quantitative estimate of drug-likeness (QED) is 0.713. The lowest BCUT2D eigenvalue weighted by Crippen LogP contribution is -2.38. The Labute approximate surface area is 169 Å². The minimum atomic E-state index is -3.35. The van der Waals surface area contributed by atoms with Crippen molar-refractivity contribution in [2.75, 3.05) is 37.0 Å². The molecule has 0 aliphatic carbocycles. The van der Waals surface area contributed by atoms with E-state index in [1.165, 1.54) is 24.1 Å². The Balaban J connectivity index is 1.94. The average Bonchev–Trinajstić information content (AvgIpc) is 2.61. The van der Waals surface area contributed by atoms with Gasteiger partial charge in [0.1, 0.15) is 0 Å². The highest BCUT2D eigenvalue weighted by Crippen LogP contribution is 2.21. The van der Waals surface area contributed by atoms with Crippen LogP contribution in [-0.2, 0) is 19.4 Å². The van der Waals surface area contributed by atoms with Crippen LogP contribution in [0.25, 0.3) is 0 Å². The fourth-order valence-electron chi connectivity index (χ4n) is 2.38. The molecule has 7 nitrogen and oxygen atoms in total. The van der Waals surface area contributed by atoms with Crippen LogP contribution in [0.1, 0.15) is 5.56 Å². The van der Waals surface area contributed by atoms with Gasteiger partial charge < -0.3 is 15.5 Å². The first-order chi connectivity index (χ1) is 13.1. The largest absolute Gasteiger partial charge is 0.376 e. The first-order valence-electron chi connectivity index (χ1n) is 8.41. The molecule has 0 atom stereocenters. The predicted molar refractivity (Wildman–Crippen MR) is 110 cm³/mol. The molecule has 0 bridgehead atoms. The molecule has 2 amide bonds. The van der Waals surface area contributed by atoms with Crippen LogP contribution in [0, 0.1) is 6.92 Å². The molecule has 150 valence electrons. The third kappa shape index (κ3) is 5.97. The van der Waals surface area contributed by atoms with Gasteiger partial charge in [-0.25, -0.2) is 8.42 Å². The third-order valence-electron chi connectivity index (χ3n) is 4.02. The Hall–Kier alpha value is -2.58.